The van der Waals surface area contributed by atoms with Crippen LogP contribution in [0.2, 0.25) is 5.02 Å². The van der Waals surface area contributed by atoms with Crippen LogP contribution in [0.5, 0.6) is 0 Å². The second kappa shape index (κ2) is 7.77. The average molecular weight is 412 g/mol. The summed E-state index contributed by atoms with van der Waals surface area (Å²) in [5, 5.41) is 8.86. The molecule has 29 heavy (non-hydrogen) atoms. The maximum atomic E-state index is 12.7. The Labute approximate surface area is 172 Å². The van der Waals surface area contributed by atoms with Crippen LogP contribution in [0.4, 0.5) is 0 Å². The lowest BCUT2D eigenvalue weighted by molar-refractivity contribution is -0.942. The van der Waals surface area contributed by atoms with Crippen LogP contribution in [0.15, 0.2) is 52.9 Å². The van der Waals surface area contributed by atoms with Gasteiger partial charge < -0.3 is 9.32 Å². The van der Waals surface area contributed by atoms with E-state index in [1.54, 1.807) is 36.4 Å². The Balaban J connectivity index is 1.50. The standard InChI is InChI=1S/C21H19ClN4O3/c1-13(2)25(12-26-20(27)16-5-3-4-6-17(16)21(26)28)11-18-23-24-19(29-18)14-7-9-15(22)10-8-14/h3-10,13H,11-12H2,1-2H3/p+1. The minimum atomic E-state index is -0.267. The molecule has 1 aliphatic heterocycles. The van der Waals surface area contributed by atoms with Crippen LogP contribution in [0, 0.1) is 0 Å². The molecule has 0 radical (unpaired) electrons. The molecule has 1 atom stereocenters. The first-order chi connectivity index (χ1) is 13.9. The van der Waals surface area contributed by atoms with Crippen LogP contribution >= 0.6 is 11.6 Å². The van der Waals surface area contributed by atoms with E-state index in [-0.39, 0.29) is 24.5 Å². The van der Waals surface area contributed by atoms with E-state index in [1.165, 1.54) is 4.90 Å². The number of aromatic nitrogens is 2. The quantitative estimate of drug-likeness (QED) is 0.630. The summed E-state index contributed by atoms with van der Waals surface area (Å²) < 4.78 is 5.80. The Hall–Kier alpha value is -3.03. The number of carbonyl (C=O) groups excluding carboxylic acids is 2. The molecule has 1 N–H and O–H groups in total. The van der Waals surface area contributed by atoms with Crippen LogP contribution in [0.1, 0.15) is 40.5 Å². The Kier molecular flexibility index (Phi) is 5.17. The number of hydrogen-bond acceptors (Lipinski definition) is 5. The molecule has 0 aliphatic carbocycles. The van der Waals surface area contributed by atoms with E-state index in [2.05, 4.69) is 10.2 Å². The van der Waals surface area contributed by atoms with E-state index in [9.17, 15) is 9.59 Å². The van der Waals surface area contributed by atoms with Crippen molar-refractivity contribution in [3.63, 3.8) is 0 Å². The van der Waals surface area contributed by atoms with Crippen LogP contribution in [-0.2, 0) is 6.54 Å². The van der Waals surface area contributed by atoms with Gasteiger partial charge in [-0.3, -0.25) is 9.59 Å². The predicted molar refractivity (Wildman–Crippen MR) is 106 cm³/mol. The Morgan fingerprint density at radius 3 is 2.21 bits per heavy atom. The Bertz CT molecular complexity index is 1030. The highest BCUT2D eigenvalue weighted by molar-refractivity contribution is 6.30. The van der Waals surface area contributed by atoms with Crippen molar-refractivity contribution in [2.24, 2.45) is 0 Å². The number of benzene rings is 2. The first-order valence-electron chi connectivity index (χ1n) is 9.32. The summed E-state index contributed by atoms with van der Waals surface area (Å²) in [5.41, 5.74) is 1.67. The third-order valence-corrected chi connectivity index (χ3v) is 5.24. The second-order valence-electron chi connectivity index (χ2n) is 7.24. The van der Waals surface area contributed by atoms with Gasteiger partial charge in [-0.25, -0.2) is 4.90 Å². The molecular weight excluding hydrogens is 392 g/mol. The van der Waals surface area contributed by atoms with Crippen molar-refractivity contribution in [1.82, 2.24) is 15.1 Å². The zero-order chi connectivity index (χ0) is 20.5. The van der Waals surface area contributed by atoms with Crippen LogP contribution < -0.4 is 4.90 Å². The first-order valence-corrected chi connectivity index (χ1v) is 9.70. The highest BCUT2D eigenvalue weighted by Crippen LogP contribution is 2.22. The number of hydrogen-bond donors (Lipinski definition) is 1. The maximum absolute atomic E-state index is 12.7. The molecule has 1 aliphatic rings. The van der Waals surface area contributed by atoms with Gasteiger partial charge in [0.1, 0.15) is 0 Å². The van der Waals surface area contributed by atoms with Gasteiger partial charge in [0.2, 0.25) is 5.89 Å². The largest absolute Gasteiger partial charge is 0.415 e. The van der Waals surface area contributed by atoms with Gasteiger partial charge in [0.15, 0.2) is 13.2 Å². The van der Waals surface area contributed by atoms with E-state index < -0.39 is 0 Å². The predicted octanol–water partition coefficient (Wildman–Crippen LogP) is 2.44. The molecule has 4 rings (SSSR count). The molecule has 2 aromatic carbocycles. The van der Waals surface area contributed by atoms with Gasteiger partial charge in [-0.15, -0.1) is 10.2 Å². The highest BCUT2D eigenvalue weighted by atomic mass is 35.5. The molecule has 2 amide bonds. The number of rotatable bonds is 6. The van der Waals surface area contributed by atoms with E-state index in [4.69, 9.17) is 16.0 Å². The highest BCUT2D eigenvalue weighted by Gasteiger charge is 2.38. The van der Waals surface area contributed by atoms with Crippen LogP contribution in [0.3, 0.4) is 0 Å². The molecular formula is C21H20ClN4O3+. The minimum Gasteiger partial charge on any atom is -0.415 e. The second-order valence-corrected chi connectivity index (χ2v) is 7.68. The lowest BCUT2D eigenvalue weighted by atomic mass is 10.1. The molecule has 8 heteroatoms. The molecule has 1 unspecified atom stereocenters. The van der Waals surface area contributed by atoms with Crippen molar-refractivity contribution < 1.29 is 18.9 Å². The fourth-order valence-electron chi connectivity index (χ4n) is 3.26. The van der Waals surface area contributed by atoms with Gasteiger partial charge in [0.05, 0.1) is 17.2 Å². The lowest BCUT2D eigenvalue weighted by Gasteiger charge is -2.25. The topological polar surface area (TPSA) is 80.7 Å². The summed E-state index contributed by atoms with van der Waals surface area (Å²) >= 11 is 5.92. The molecule has 3 aromatic rings. The molecule has 0 saturated heterocycles. The molecule has 2 heterocycles. The molecule has 0 fully saturated rings. The number of amides is 2. The summed E-state index contributed by atoms with van der Waals surface area (Å²) in [6, 6.07) is 14.2. The van der Waals surface area contributed by atoms with E-state index in [0.29, 0.717) is 34.5 Å². The van der Waals surface area contributed by atoms with Gasteiger partial charge in [-0.05, 0) is 50.2 Å². The Morgan fingerprint density at radius 2 is 1.62 bits per heavy atom. The number of nitrogens with one attached hydrogen (secondary N) is 1. The molecule has 0 spiro atoms. The monoisotopic (exact) mass is 411 g/mol. The van der Waals surface area contributed by atoms with Gasteiger partial charge >= 0.3 is 0 Å². The summed E-state index contributed by atoms with van der Waals surface area (Å²) in [4.78, 5) is 27.6. The fourth-order valence-corrected chi connectivity index (χ4v) is 3.38. The van der Waals surface area contributed by atoms with Crippen molar-refractivity contribution in [1.29, 1.82) is 0 Å². The van der Waals surface area contributed by atoms with Gasteiger partial charge in [0.25, 0.3) is 17.7 Å². The summed E-state index contributed by atoms with van der Waals surface area (Å²) in [6.45, 7) is 4.66. The number of imide groups is 1. The number of carbonyl (C=O) groups is 2. The lowest BCUT2D eigenvalue weighted by Crippen LogP contribution is -3.15. The van der Waals surface area contributed by atoms with Crippen molar-refractivity contribution in [2.75, 3.05) is 6.67 Å². The maximum Gasteiger partial charge on any atom is 0.271 e. The summed E-state index contributed by atoms with van der Waals surface area (Å²) in [5.74, 6) is 0.308. The normalized spacial score (nSPS) is 14.6. The van der Waals surface area contributed by atoms with E-state index in [0.717, 1.165) is 10.5 Å². The molecule has 148 valence electrons. The number of halogens is 1. The number of nitrogens with zero attached hydrogens (tertiary/aromatic N) is 3. The van der Waals surface area contributed by atoms with Gasteiger partial charge in [-0.2, -0.15) is 0 Å². The smallest absolute Gasteiger partial charge is 0.271 e. The Morgan fingerprint density at radius 1 is 1.00 bits per heavy atom. The van der Waals surface area contributed by atoms with Gasteiger partial charge in [0, 0.05) is 10.6 Å². The van der Waals surface area contributed by atoms with Gasteiger partial charge in [-0.1, -0.05) is 23.7 Å². The zero-order valence-corrected chi connectivity index (χ0v) is 16.8. The molecule has 0 bridgehead atoms. The van der Waals surface area contributed by atoms with Crippen molar-refractivity contribution in [3.05, 3.63) is 70.6 Å². The number of fused-ring (bicyclic) bond motifs is 1. The van der Waals surface area contributed by atoms with Crippen LogP contribution in [0.25, 0.3) is 11.5 Å². The van der Waals surface area contributed by atoms with E-state index in [1.807, 2.05) is 26.0 Å². The zero-order valence-electron chi connectivity index (χ0n) is 16.1. The third-order valence-electron chi connectivity index (χ3n) is 4.99. The van der Waals surface area contributed by atoms with Crippen molar-refractivity contribution in [3.8, 4) is 11.5 Å². The van der Waals surface area contributed by atoms with Crippen LogP contribution in [-0.4, -0.2) is 39.6 Å². The molecule has 7 nitrogen and oxygen atoms in total. The minimum absolute atomic E-state index is 0.130. The summed E-state index contributed by atoms with van der Waals surface area (Å²) in [6.07, 6.45) is 0. The molecule has 1 aromatic heterocycles. The average Bonchev–Trinajstić information content (AvgIpc) is 3.27. The van der Waals surface area contributed by atoms with E-state index >= 15 is 0 Å². The SMILES string of the molecule is CC(C)[NH+](Cc1nnc(-c2ccc(Cl)cc2)o1)CN1C(=O)c2ccccc2C1=O. The van der Waals surface area contributed by atoms with Crippen molar-refractivity contribution >= 4 is 23.4 Å². The first kappa shape index (κ1) is 19.3. The summed E-state index contributed by atoms with van der Waals surface area (Å²) in [7, 11) is 0. The number of quaternary nitrogens is 1. The fraction of sp³-hybridized carbons (Fsp3) is 0.238. The molecule has 0 saturated carbocycles. The van der Waals surface area contributed by atoms with Crippen molar-refractivity contribution in [2.45, 2.75) is 26.4 Å². The third kappa shape index (κ3) is 3.79.